The zero-order chi connectivity index (χ0) is 0. The third kappa shape index (κ3) is 8.89. The van der Waals surface area contributed by atoms with Crippen LogP contribution >= 0.6 is 0 Å². The van der Waals surface area contributed by atoms with Gasteiger partial charge in [-0.1, -0.05) is 0 Å². The Morgan fingerprint density at radius 3 is 1.00 bits per heavy atom. The van der Waals surface area contributed by atoms with Gasteiger partial charge in [-0.15, -0.1) is 0 Å². The Morgan fingerprint density at radius 2 is 1.00 bits per heavy atom. The molecule has 0 aromatic heterocycles. The van der Waals surface area contributed by atoms with Gasteiger partial charge in [0.05, 0.1) is 0 Å². The topological polar surface area (TPSA) is 61.5 Å². The molecule has 0 aliphatic carbocycles. The summed E-state index contributed by atoms with van der Waals surface area (Å²) in [7, 11) is 0. The molecule has 0 aromatic rings. The van der Waals surface area contributed by atoms with Gasteiger partial charge in [0.15, 0.2) is 0 Å². The van der Waals surface area contributed by atoms with Crippen molar-refractivity contribution in [3.05, 3.63) is 0 Å². The van der Waals surface area contributed by atoms with Crippen molar-refractivity contribution in [1.82, 2.24) is 0 Å². The zero-order valence-electron chi connectivity index (χ0n) is 1.95. The molecule has 0 rings (SSSR count). The van der Waals surface area contributed by atoms with E-state index in [0.717, 1.165) is 0 Å². The summed E-state index contributed by atoms with van der Waals surface area (Å²) in [4.78, 5) is 0. The second-order valence-electron chi connectivity index (χ2n) is 0. The predicted molar refractivity (Wildman–Crippen MR) is 14.1 cm³/mol. The molecule has 0 saturated carbocycles. The van der Waals surface area contributed by atoms with Gasteiger partial charge in [0.1, 0.15) is 0 Å². The van der Waals surface area contributed by atoms with E-state index in [1.807, 2.05) is 0 Å². The van der Waals surface area contributed by atoms with Crippen LogP contribution in [0.4, 0.5) is 0 Å². The van der Waals surface area contributed by atoms with Gasteiger partial charge >= 0.3 is 67.3 Å². The molecule has 0 atom stereocenters. The third-order valence-corrected chi connectivity index (χ3v) is 0. The molecule has 2 nitrogen and oxygen atoms in total. The number of hydrogen-bond donors (Lipinski definition) is 0. The third-order valence-electron chi connectivity index (χ3n) is 0. The minimum Gasteiger partial charge on any atom is -0.870 e. The molecule has 0 fully saturated rings. The molecular weight excluding hydrogens is 95.1 g/mol. The Labute approximate surface area is 76.9 Å². The summed E-state index contributed by atoms with van der Waals surface area (Å²) in [6.07, 6.45) is 0. The maximum atomic E-state index is 0. The second kappa shape index (κ2) is 19.0. The van der Waals surface area contributed by atoms with Crippen LogP contribution in [0.2, 0.25) is 0 Å². The summed E-state index contributed by atoms with van der Waals surface area (Å²) >= 11 is 0. The molecule has 0 aromatic carbocycles. The molecule has 0 bridgehead atoms. The van der Waals surface area contributed by atoms with Crippen molar-refractivity contribution in [3.8, 4) is 0 Å². The van der Waals surface area contributed by atoms with E-state index in [4.69, 9.17) is 0 Å². The van der Waals surface area contributed by atoms with Gasteiger partial charge in [0.2, 0.25) is 0 Å². The van der Waals surface area contributed by atoms with Gasteiger partial charge < -0.3 is 11.0 Å². The average molecular weight is 100 g/mol. The molecule has 20 valence electrons. The SMILES string of the molecule is O.[CaH2].[Na+].[OH-]. The molecule has 0 radical (unpaired) electrons. The zero-order valence-corrected chi connectivity index (χ0v) is 3.95. The molecule has 0 aliphatic rings. The summed E-state index contributed by atoms with van der Waals surface area (Å²) in [5.41, 5.74) is 0. The van der Waals surface area contributed by atoms with E-state index in [-0.39, 0.29) is 78.2 Å². The van der Waals surface area contributed by atoms with Gasteiger partial charge in [-0.2, -0.15) is 0 Å². The van der Waals surface area contributed by atoms with Gasteiger partial charge in [-0.3, -0.25) is 0 Å². The molecule has 3 N–H and O–H groups in total. The molecule has 0 aliphatic heterocycles. The van der Waals surface area contributed by atoms with Gasteiger partial charge in [0.25, 0.3) is 0 Å². The van der Waals surface area contributed by atoms with Crippen LogP contribution in [-0.2, 0) is 0 Å². The van der Waals surface area contributed by atoms with Crippen LogP contribution in [0.25, 0.3) is 0 Å². The summed E-state index contributed by atoms with van der Waals surface area (Å²) in [6, 6.07) is 0. The fourth-order valence-corrected chi connectivity index (χ4v) is 0. The summed E-state index contributed by atoms with van der Waals surface area (Å²) in [5, 5.41) is 0. The fourth-order valence-electron chi connectivity index (χ4n) is 0. The molecule has 0 saturated heterocycles. The minimum atomic E-state index is 0. The first-order valence-electron chi connectivity index (χ1n) is 0. The summed E-state index contributed by atoms with van der Waals surface area (Å²) in [5.74, 6) is 0. The molecule has 4 heteroatoms. The van der Waals surface area contributed by atoms with E-state index < -0.39 is 0 Å². The number of hydrogen-bond acceptors (Lipinski definition) is 1. The first-order chi connectivity index (χ1) is 0. The van der Waals surface area contributed by atoms with E-state index in [1.54, 1.807) is 0 Å². The fraction of sp³-hybridized carbons (Fsp3) is 0. The Kier molecular flexibility index (Phi) is 166. The molecular formula is H5CaNaO2. The first-order valence-corrected chi connectivity index (χ1v) is 0. The van der Waals surface area contributed by atoms with Gasteiger partial charge in [0, 0.05) is 0 Å². The van der Waals surface area contributed by atoms with Crippen molar-refractivity contribution in [3.63, 3.8) is 0 Å². The van der Waals surface area contributed by atoms with Gasteiger partial charge in [-0.25, -0.2) is 0 Å². The largest absolute Gasteiger partial charge is 1.00 e. The van der Waals surface area contributed by atoms with Crippen molar-refractivity contribution < 1.29 is 40.5 Å². The van der Waals surface area contributed by atoms with Crippen LogP contribution in [0.15, 0.2) is 0 Å². The Morgan fingerprint density at radius 1 is 1.00 bits per heavy atom. The van der Waals surface area contributed by atoms with Crippen LogP contribution in [-0.4, -0.2) is 48.7 Å². The maximum absolute atomic E-state index is 0. The Balaban J connectivity index is 0. The molecule has 0 unspecified atom stereocenters. The standard InChI is InChI=1S/Ca.Na.2H2O.2H/h;;2*1H2;;/q;+1;;;;/p-1. The van der Waals surface area contributed by atoms with Crippen molar-refractivity contribution in [2.24, 2.45) is 0 Å². The van der Waals surface area contributed by atoms with Crippen molar-refractivity contribution in [2.45, 2.75) is 0 Å². The van der Waals surface area contributed by atoms with Crippen LogP contribution in [0, 0.1) is 0 Å². The molecule has 0 spiro atoms. The second-order valence-corrected chi connectivity index (χ2v) is 0. The van der Waals surface area contributed by atoms with Crippen LogP contribution in [0.1, 0.15) is 0 Å². The van der Waals surface area contributed by atoms with E-state index >= 15 is 0 Å². The monoisotopic (exact) mass is 100.0 g/mol. The van der Waals surface area contributed by atoms with E-state index in [9.17, 15) is 0 Å². The van der Waals surface area contributed by atoms with Crippen LogP contribution in [0.5, 0.6) is 0 Å². The molecule has 0 amide bonds. The van der Waals surface area contributed by atoms with Crippen LogP contribution < -0.4 is 29.6 Å². The average Bonchev–Trinajstić information content (AvgIpc) is 0. The summed E-state index contributed by atoms with van der Waals surface area (Å²) in [6.45, 7) is 0. The van der Waals surface area contributed by atoms with E-state index in [1.165, 1.54) is 0 Å². The first kappa shape index (κ1) is 34.9. The van der Waals surface area contributed by atoms with E-state index in [2.05, 4.69) is 0 Å². The number of rotatable bonds is 0. The Hall–Kier alpha value is 2.18. The maximum Gasteiger partial charge on any atom is 1.00 e. The minimum absolute atomic E-state index is 0. The normalized spacial score (nSPS) is 0. The predicted octanol–water partition coefficient (Wildman–Crippen LogP) is -4.91. The van der Waals surface area contributed by atoms with Crippen molar-refractivity contribution in [2.75, 3.05) is 0 Å². The summed E-state index contributed by atoms with van der Waals surface area (Å²) < 4.78 is 0. The van der Waals surface area contributed by atoms with E-state index in [0.29, 0.717) is 0 Å². The van der Waals surface area contributed by atoms with Crippen molar-refractivity contribution >= 4 is 37.7 Å². The molecule has 4 heavy (non-hydrogen) atoms. The Bertz CT molecular complexity index is 6.00. The quantitative estimate of drug-likeness (QED) is 0.281. The van der Waals surface area contributed by atoms with Crippen LogP contribution in [0.3, 0.4) is 0 Å². The molecule has 0 heterocycles. The van der Waals surface area contributed by atoms with Gasteiger partial charge in [-0.05, 0) is 0 Å². The smallest absolute Gasteiger partial charge is 0.870 e. The van der Waals surface area contributed by atoms with Crippen molar-refractivity contribution in [1.29, 1.82) is 0 Å².